The second-order valence-corrected chi connectivity index (χ2v) is 8.82. The van der Waals surface area contributed by atoms with Crippen molar-refractivity contribution in [1.82, 2.24) is 10.1 Å². The number of aryl methyl sites for hydroxylation is 1. The van der Waals surface area contributed by atoms with E-state index in [-0.39, 0.29) is 30.3 Å². The molecule has 1 aliphatic heterocycles. The molecular weight excluding hydrogens is 432 g/mol. The average Bonchev–Trinajstić information content (AvgIpc) is 3.56. The van der Waals surface area contributed by atoms with Crippen LogP contribution in [0.15, 0.2) is 47.1 Å². The Morgan fingerprint density at radius 1 is 1.21 bits per heavy atom. The molecule has 0 spiro atoms. The van der Waals surface area contributed by atoms with E-state index in [4.69, 9.17) is 14.0 Å². The first-order valence-corrected chi connectivity index (χ1v) is 11.6. The highest BCUT2D eigenvalue weighted by molar-refractivity contribution is 5.88. The van der Waals surface area contributed by atoms with Gasteiger partial charge >= 0.3 is 0 Å². The third-order valence-corrected chi connectivity index (χ3v) is 6.31. The molecule has 174 valence electrons. The molecule has 8 nitrogen and oxygen atoms in total. The summed E-state index contributed by atoms with van der Waals surface area (Å²) in [6.07, 6.45) is 4.20. The number of ether oxygens (including phenoxy) is 2. The lowest BCUT2D eigenvalue weighted by Gasteiger charge is -2.23. The minimum absolute atomic E-state index is 0.0375. The average molecular weight is 459 g/mol. The minimum Gasteiger partial charge on any atom is -0.489 e. The summed E-state index contributed by atoms with van der Waals surface area (Å²) in [7, 11) is 0. The molecule has 2 fully saturated rings. The van der Waals surface area contributed by atoms with Gasteiger partial charge in [0, 0.05) is 36.9 Å². The summed E-state index contributed by atoms with van der Waals surface area (Å²) in [5.41, 5.74) is 3.11. The molecule has 0 amide bonds. The molecule has 1 N–H and O–H groups in total. The van der Waals surface area contributed by atoms with Crippen LogP contribution in [0.1, 0.15) is 42.2 Å². The van der Waals surface area contributed by atoms with E-state index >= 15 is 0 Å². The van der Waals surface area contributed by atoms with Crippen molar-refractivity contribution in [3.8, 4) is 22.9 Å². The number of nitrogens with one attached hydrogen (secondary N) is 1. The lowest BCUT2D eigenvalue weighted by atomic mass is 10.0. The first kappa shape index (κ1) is 22.1. The van der Waals surface area contributed by atoms with Crippen LogP contribution in [0.4, 0.5) is 5.82 Å². The molecule has 2 aliphatic rings. The zero-order valence-corrected chi connectivity index (χ0v) is 19.0. The SMILES string of the molecule is Cc1cc(C2C[C@H]2C(=O)CNc2cc(-c3ccc(OC4CCOCC4)c(C#N)c3)ccn2)on1. The molecular formula is C26H26N4O4. The van der Waals surface area contributed by atoms with E-state index in [0.29, 0.717) is 30.3 Å². The number of pyridine rings is 1. The lowest BCUT2D eigenvalue weighted by Crippen LogP contribution is -2.26. The molecule has 2 aromatic heterocycles. The maximum Gasteiger partial charge on any atom is 0.155 e. The Labute approximate surface area is 197 Å². The standard InChI is InChI=1S/C26H26N4O4/c1-16-10-25(34-30-16)22-13-21(22)23(31)15-29-26-12-18(4-7-28-26)17-2-3-24(19(11-17)14-27)33-20-5-8-32-9-6-20/h2-4,7,10-12,20-22H,5-6,8-9,13,15H2,1H3,(H,28,29)/t21-,22?/m1/s1. The maximum atomic E-state index is 12.6. The summed E-state index contributed by atoms with van der Waals surface area (Å²) >= 11 is 0. The Bertz CT molecular complexity index is 1230. The van der Waals surface area contributed by atoms with E-state index in [2.05, 4.69) is 21.5 Å². The molecule has 1 saturated heterocycles. The van der Waals surface area contributed by atoms with Gasteiger partial charge < -0.3 is 19.3 Å². The van der Waals surface area contributed by atoms with Gasteiger partial charge in [-0.1, -0.05) is 11.2 Å². The van der Waals surface area contributed by atoms with Gasteiger partial charge in [-0.3, -0.25) is 4.79 Å². The smallest absolute Gasteiger partial charge is 0.155 e. The fourth-order valence-electron chi connectivity index (χ4n) is 4.31. The van der Waals surface area contributed by atoms with Crippen molar-refractivity contribution in [2.75, 3.05) is 25.1 Å². The van der Waals surface area contributed by atoms with Gasteiger partial charge in [-0.05, 0) is 48.7 Å². The van der Waals surface area contributed by atoms with Gasteiger partial charge in [0.25, 0.3) is 0 Å². The monoisotopic (exact) mass is 458 g/mol. The summed E-state index contributed by atoms with van der Waals surface area (Å²) < 4.78 is 16.7. The molecule has 5 rings (SSSR count). The predicted molar refractivity (Wildman–Crippen MR) is 124 cm³/mol. The number of rotatable bonds is 8. The normalized spacial score (nSPS) is 19.9. The number of nitriles is 1. The Morgan fingerprint density at radius 3 is 2.79 bits per heavy atom. The van der Waals surface area contributed by atoms with E-state index < -0.39 is 0 Å². The largest absolute Gasteiger partial charge is 0.489 e. The number of aromatic nitrogens is 2. The molecule has 1 unspecified atom stereocenters. The van der Waals surface area contributed by atoms with Crippen LogP contribution >= 0.6 is 0 Å². The van der Waals surface area contributed by atoms with Gasteiger partial charge in [-0.25, -0.2) is 4.98 Å². The number of benzene rings is 1. The first-order chi connectivity index (χ1) is 16.6. The summed E-state index contributed by atoms with van der Waals surface area (Å²) in [6, 6.07) is 13.5. The van der Waals surface area contributed by atoms with E-state index in [1.165, 1.54) is 0 Å². The van der Waals surface area contributed by atoms with Crippen LogP contribution in [-0.2, 0) is 9.53 Å². The van der Waals surface area contributed by atoms with Crippen molar-refractivity contribution in [2.24, 2.45) is 5.92 Å². The van der Waals surface area contributed by atoms with Gasteiger partial charge in [0.1, 0.15) is 29.5 Å². The first-order valence-electron chi connectivity index (χ1n) is 11.6. The van der Waals surface area contributed by atoms with Crippen LogP contribution < -0.4 is 10.1 Å². The number of ketones is 1. The second-order valence-electron chi connectivity index (χ2n) is 8.82. The van der Waals surface area contributed by atoms with Crippen molar-refractivity contribution in [3.05, 3.63) is 59.6 Å². The highest BCUT2D eigenvalue weighted by atomic mass is 16.5. The van der Waals surface area contributed by atoms with Crippen LogP contribution in [-0.4, -0.2) is 41.8 Å². The highest BCUT2D eigenvalue weighted by Gasteiger charge is 2.45. The van der Waals surface area contributed by atoms with Crippen LogP contribution in [0.5, 0.6) is 5.75 Å². The zero-order chi connectivity index (χ0) is 23.5. The Balaban J connectivity index is 1.22. The zero-order valence-electron chi connectivity index (χ0n) is 19.0. The lowest BCUT2D eigenvalue weighted by molar-refractivity contribution is -0.118. The minimum atomic E-state index is -0.0375. The third kappa shape index (κ3) is 4.95. The molecule has 3 heterocycles. The van der Waals surface area contributed by atoms with Crippen LogP contribution in [0, 0.1) is 24.2 Å². The Kier molecular flexibility index (Phi) is 6.28. The molecule has 0 bridgehead atoms. The van der Waals surface area contributed by atoms with E-state index in [1.807, 2.05) is 43.3 Å². The summed E-state index contributed by atoms with van der Waals surface area (Å²) in [6.45, 7) is 3.44. The molecule has 0 radical (unpaired) electrons. The van der Waals surface area contributed by atoms with Crippen molar-refractivity contribution < 1.29 is 18.8 Å². The van der Waals surface area contributed by atoms with Gasteiger partial charge in [0.15, 0.2) is 5.78 Å². The number of nitrogens with zero attached hydrogens (tertiary/aromatic N) is 3. The highest BCUT2D eigenvalue weighted by Crippen LogP contribution is 2.48. The number of carbonyl (C=O) groups is 1. The predicted octanol–water partition coefficient (Wildman–Crippen LogP) is 4.26. The Morgan fingerprint density at radius 2 is 2.03 bits per heavy atom. The topological polar surface area (TPSA) is 110 Å². The Hall–Kier alpha value is -3.70. The number of anilines is 1. The number of Topliss-reactive ketones (excluding diaryl/α,β-unsaturated/α-hetero) is 1. The van der Waals surface area contributed by atoms with E-state index in [0.717, 1.165) is 41.8 Å². The van der Waals surface area contributed by atoms with Crippen molar-refractivity contribution >= 4 is 11.6 Å². The van der Waals surface area contributed by atoms with Gasteiger partial charge in [-0.15, -0.1) is 0 Å². The number of hydrogen-bond acceptors (Lipinski definition) is 8. The molecule has 3 aromatic rings. The van der Waals surface area contributed by atoms with Crippen LogP contribution in [0.2, 0.25) is 0 Å². The fraction of sp³-hybridized carbons (Fsp3) is 0.385. The fourth-order valence-corrected chi connectivity index (χ4v) is 4.31. The van der Waals surface area contributed by atoms with Gasteiger partial charge in [-0.2, -0.15) is 5.26 Å². The summed E-state index contributed by atoms with van der Waals surface area (Å²) in [5, 5.41) is 16.7. The molecule has 1 aromatic carbocycles. The third-order valence-electron chi connectivity index (χ3n) is 6.31. The summed E-state index contributed by atoms with van der Waals surface area (Å²) in [5.74, 6) is 2.21. The molecule has 34 heavy (non-hydrogen) atoms. The van der Waals surface area contributed by atoms with Crippen molar-refractivity contribution in [3.63, 3.8) is 0 Å². The quantitative estimate of drug-likeness (QED) is 0.533. The van der Waals surface area contributed by atoms with Crippen LogP contribution in [0.3, 0.4) is 0 Å². The molecule has 8 heteroatoms. The maximum absolute atomic E-state index is 12.6. The molecule has 1 aliphatic carbocycles. The van der Waals surface area contributed by atoms with Gasteiger partial charge in [0.05, 0.1) is 31.0 Å². The van der Waals surface area contributed by atoms with E-state index in [1.54, 1.807) is 6.20 Å². The molecule has 2 atom stereocenters. The van der Waals surface area contributed by atoms with E-state index in [9.17, 15) is 10.1 Å². The van der Waals surface area contributed by atoms with Crippen molar-refractivity contribution in [1.29, 1.82) is 5.26 Å². The summed E-state index contributed by atoms with van der Waals surface area (Å²) in [4.78, 5) is 16.9. The van der Waals surface area contributed by atoms with Crippen LogP contribution in [0.25, 0.3) is 11.1 Å². The second kappa shape index (κ2) is 9.65. The van der Waals surface area contributed by atoms with Crippen molar-refractivity contribution in [2.45, 2.75) is 38.2 Å². The van der Waals surface area contributed by atoms with Gasteiger partial charge in [0.2, 0.25) is 0 Å². The molecule has 1 saturated carbocycles. The number of hydrogen-bond donors (Lipinski definition) is 1. The number of carbonyl (C=O) groups excluding carboxylic acids is 1.